The molecule has 0 aliphatic rings. The van der Waals surface area contributed by atoms with E-state index in [1.165, 1.54) is 4.88 Å². The molecule has 3 N–H and O–H groups in total. The fourth-order valence-corrected chi connectivity index (χ4v) is 2.92. The van der Waals surface area contributed by atoms with Gasteiger partial charge in [0.15, 0.2) is 0 Å². The molecule has 0 amide bonds. The lowest BCUT2D eigenvalue weighted by atomic mass is 10.1. The highest BCUT2D eigenvalue weighted by Gasteiger charge is 2.04. The maximum atomic E-state index is 5.89. The number of nitrogens with one attached hydrogen (secondary N) is 1. The molecule has 94 valence electrons. The van der Waals surface area contributed by atoms with Crippen molar-refractivity contribution in [3.05, 3.63) is 51.2 Å². The molecule has 1 heterocycles. The number of hydrogen-bond donors (Lipinski definition) is 2. The van der Waals surface area contributed by atoms with Gasteiger partial charge in [-0.25, -0.2) is 0 Å². The van der Waals surface area contributed by atoms with Gasteiger partial charge in [0.1, 0.15) is 4.99 Å². The first-order valence-corrected chi connectivity index (χ1v) is 7.14. The zero-order valence-corrected chi connectivity index (χ0v) is 12.0. The van der Waals surface area contributed by atoms with Crippen LogP contribution in [0, 0.1) is 0 Å². The van der Waals surface area contributed by atoms with Gasteiger partial charge in [-0.1, -0.05) is 36.0 Å². The third-order valence-electron chi connectivity index (χ3n) is 2.51. The summed E-state index contributed by atoms with van der Waals surface area (Å²) < 4.78 is 0.827. The molecule has 0 atom stereocenters. The monoisotopic (exact) mass is 296 g/mol. The van der Waals surface area contributed by atoms with E-state index in [9.17, 15) is 0 Å². The minimum Gasteiger partial charge on any atom is -0.389 e. The molecule has 0 spiro atoms. The van der Waals surface area contributed by atoms with E-state index in [0.29, 0.717) is 4.99 Å². The maximum absolute atomic E-state index is 5.89. The Hall–Kier alpha value is -1.10. The Labute approximate surface area is 121 Å². The fourth-order valence-electron chi connectivity index (χ4n) is 1.66. The first kappa shape index (κ1) is 13.3. The lowest BCUT2D eigenvalue weighted by Gasteiger charge is -2.10. The minimum absolute atomic E-state index is 0.414. The van der Waals surface area contributed by atoms with Crippen LogP contribution in [0.4, 0.5) is 5.69 Å². The summed E-state index contributed by atoms with van der Waals surface area (Å²) in [6, 6.07) is 11.8. The second-order valence-corrected chi connectivity index (χ2v) is 6.03. The van der Waals surface area contributed by atoms with Crippen LogP contribution in [0.2, 0.25) is 4.34 Å². The number of para-hydroxylation sites is 1. The smallest absolute Gasteiger partial charge is 0.106 e. The second-order valence-electron chi connectivity index (χ2n) is 3.79. The van der Waals surface area contributed by atoms with Crippen molar-refractivity contribution in [3.63, 3.8) is 0 Å². The van der Waals surface area contributed by atoms with E-state index in [0.717, 1.165) is 28.6 Å². The topological polar surface area (TPSA) is 38.0 Å². The van der Waals surface area contributed by atoms with E-state index in [1.807, 2.05) is 36.4 Å². The van der Waals surface area contributed by atoms with Gasteiger partial charge in [0, 0.05) is 22.7 Å². The van der Waals surface area contributed by atoms with Crippen molar-refractivity contribution in [2.24, 2.45) is 5.73 Å². The van der Waals surface area contributed by atoms with Crippen LogP contribution < -0.4 is 11.1 Å². The molecule has 0 fully saturated rings. The summed E-state index contributed by atoms with van der Waals surface area (Å²) in [5.41, 5.74) is 7.54. The van der Waals surface area contributed by atoms with E-state index >= 15 is 0 Å². The summed E-state index contributed by atoms with van der Waals surface area (Å²) in [7, 11) is 0. The van der Waals surface area contributed by atoms with Crippen molar-refractivity contribution >= 4 is 45.8 Å². The Kier molecular flexibility index (Phi) is 4.58. The Morgan fingerprint density at radius 3 is 2.72 bits per heavy atom. The van der Waals surface area contributed by atoms with Crippen molar-refractivity contribution in [2.75, 3.05) is 11.9 Å². The van der Waals surface area contributed by atoms with Gasteiger partial charge in [-0.15, -0.1) is 11.3 Å². The first-order chi connectivity index (χ1) is 8.66. The first-order valence-electron chi connectivity index (χ1n) is 5.54. The number of nitrogens with two attached hydrogens (primary N) is 1. The van der Waals surface area contributed by atoms with Crippen molar-refractivity contribution in [1.82, 2.24) is 0 Å². The predicted molar refractivity (Wildman–Crippen MR) is 83.9 cm³/mol. The van der Waals surface area contributed by atoms with Crippen LogP contribution in [0.15, 0.2) is 36.4 Å². The quantitative estimate of drug-likeness (QED) is 0.827. The predicted octanol–water partition coefficient (Wildman–Crippen LogP) is 3.69. The van der Waals surface area contributed by atoms with E-state index in [1.54, 1.807) is 11.3 Å². The Balaban J connectivity index is 1.96. The van der Waals surface area contributed by atoms with Crippen LogP contribution in [-0.2, 0) is 6.42 Å². The largest absolute Gasteiger partial charge is 0.389 e. The zero-order valence-electron chi connectivity index (χ0n) is 9.65. The molecule has 2 rings (SSSR count). The maximum Gasteiger partial charge on any atom is 0.106 e. The molecule has 2 aromatic rings. The van der Waals surface area contributed by atoms with Crippen LogP contribution in [0.25, 0.3) is 0 Å². The molecule has 0 bridgehead atoms. The average Bonchev–Trinajstić information content (AvgIpc) is 2.75. The summed E-state index contributed by atoms with van der Waals surface area (Å²) in [6.45, 7) is 0.830. The molecular weight excluding hydrogens is 284 g/mol. The van der Waals surface area contributed by atoms with Crippen molar-refractivity contribution in [1.29, 1.82) is 0 Å². The molecule has 0 aliphatic carbocycles. The van der Waals surface area contributed by atoms with Gasteiger partial charge in [0.25, 0.3) is 0 Å². The summed E-state index contributed by atoms with van der Waals surface area (Å²) in [4.78, 5) is 1.68. The minimum atomic E-state index is 0.414. The lowest BCUT2D eigenvalue weighted by Crippen LogP contribution is -2.14. The molecule has 1 aromatic carbocycles. The number of rotatable bonds is 5. The molecule has 0 aliphatic heterocycles. The molecule has 1 aromatic heterocycles. The highest BCUT2D eigenvalue weighted by molar-refractivity contribution is 7.80. The number of hydrogen-bond acceptors (Lipinski definition) is 3. The van der Waals surface area contributed by atoms with Crippen molar-refractivity contribution < 1.29 is 0 Å². The number of halogens is 1. The van der Waals surface area contributed by atoms with Gasteiger partial charge in [0.05, 0.1) is 4.34 Å². The highest BCUT2D eigenvalue weighted by atomic mass is 35.5. The number of thiocarbonyl (C=S) groups is 1. The molecule has 0 radical (unpaired) electrons. The fraction of sp³-hybridized carbons (Fsp3) is 0.154. The van der Waals surface area contributed by atoms with Crippen LogP contribution in [0.5, 0.6) is 0 Å². The third-order valence-corrected chi connectivity index (χ3v) is 4.02. The van der Waals surface area contributed by atoms with E-state index in [-0.39, 0.29) is 0 Å². The Morgan fingerprint density at radius 1 is 1.28 bits per heavy atom. The molecular formula is C13H13ClN2S2. The molecule has 5 heteroatoms. The van der Waals surface area contributed by atoms with Gasteiger partial charge in [0.2, 0.25) is 0 Å². The average molecular weight is 297 g/mol. The normalized spacial score (nSPS) is 10.3. The standard InChI is InChI=1S/C13H13ClN2S2/c14-12-6-5-9(18-12)7-8-16-11-4-2-1-3-10(11)13(15)17/h1-6,16H,7-8H2,(H2,15,17). The van der Waals surface area contributed by atoms with Crippen LogP contribution in [0.1, 0.15) is 10.4 Å². The number of benzene rings is 1. The number of anilines is 1. The molecule has 2 nitrogen and oxygen atoms in total. The van der Waals surface area contributed by atoms with E-state index in [2.05, 4.69) is 5.32 Å². The van der Waals surface area contributed by atoms with Crippen LogP contribution >= 0.6 is 35.2 Å². The van der Waals surface area contributed by atoms with Gasteiger partial charge >= 0.3 is 0 Å². The SMILES string of the molecule is NC(=S)c1ccccc1NCCc1ccc(Cl)s1. The van der Waals surface area contributed by atoms with E-state index < -0.39 is 0 Å². The van der Waals surface area contributed by atoms with Gasteiger partial charge < -0.3 is 11.1 Å². The van der Waals surface area contributed by atoms with Gasteiger partial charge in [-0.2, -0.15) is 0 Å². The summed E-state index contributed by atoms with van der Waals surface area (Å²) in [6.07, 6.45) is 0.934. The Morgan fingerprint density at radius 2 is 2.06 bits per heavy atom. The summed E-state index contributed by atoms with van der Waals surface area (Å²) in [5, 5.41) is 3.35. The van der Waals surface area contributed by atoms with Crippen LogP contribution in [-0.4, -0.2) is 11.5 Å². The highest BCUT2D eigenvalue weighted by Crippen LogP contribution is 2.22. The van der Waals surface area contributed by atoms with Crippen LogP contribution in [0.3, 0.4) is 0 Å². The Bertz CT molecular complexity index is 551. The number of thiophene rings is 1. The van der Waals surface area contributed by atoms with E-state index in [4.69, 9.17) is 29.6 Å². The van der Waals surface area contributed by atoms with Gasteiger partial charge in [-0.3, -0.25) is 0 Å². The molecule has 18 heavy (non-hydrogen) atoms. The van der Waals surface area contributed by atoms with Gasteiger partial charge in [-0.05, 0) is 30.7 Å². The second kappa shape index (κ2) is 6.18. The zero-order chi connectivity index (χ0) is 13.0. The lowest BCUT2D eigenvalue weighted by molar-refractivity contribution is 1.04. The molecule has 0 saturated carbocycles. The molecule has 0 unspecified atom stereocenters. The third kappa shape index (κ3) is 3.45. The van der Waals surface area contributed by atoms with Crippen molar-refractivity contribution in [3.8, 4) is 0 Å². The molecule has 0 saturated heterocycles. The van der Waals surface area contributed by atoms with Crippen molar-refractivity contribution in [2.45, 2.75) is 6.42 Å². The summed E-state index contributed by atoms with van der Waals surface area (Å²) in [5.74, 6) is 0. The summed E-state index contributed by atoms with van der Waals surface area (Å²) >= 11 is 12.5.